The zero-order chi connectivity index (χ0) is 33.9. The lowest BCUT2D eigenvalue weighted by Crippen LogP contribution is -2.61. The van der Waals surface area contributed by atoms with Crippen LogP contribution >= 0.6 is 11.6 Å². The molecule has 2 amide bonds. The molecule has 2 aromatic carbocycles. The summed E-state index contributed by atoms with van der Waals surface area (Å²) < 4.78 is 75.0. The first-order valence-electron chi connectivity index (χ1n) is 15.3. The molecule has 0 radical (unpaired) electrons. The Hall–Kier alpha value is -3.00. The molecule has 2 unspecified atom stereocenters. The van der Waals surface area contributed by atoms with E-state index in [1.165, 1.54) is 12.1 Å². The van der Waals surface area contributed by atoms with E-state index < -0.39 is 47.7 Å². The molecule has 2 fully saturated rings. The van der Waals surface area contributed by atoms with Gasteiger partial charge in [-0.15, -0.1) is 0 Å². The van der Waals surface area contributed by atoms with Crippen molar-refractivity contribution in [1.29, 1.82) is 0 Å². The van der Waals surface area contributed by atoms with Crippen molar-refractivity contribution >= 4 is 34.8 Å². The molecule has 3 N–H and O–H groups in total. The average Bonchev–Trinajstić information content (AvgIpc) is 2.98. The van der Waals surface area contributed by atoms with Gasteiger partial charge in [0.2, 0.25) is 0 Å². The number of benzene rings is 2. The van der Waals surface area contributed by atoms with Crippen molar-refractivity contribution in [3.05, 3.63) is 58.1 Å². The third-order valence-corrected chi connectivity index (χ3v) is 8.87. The number of nitrogens with zero attached hydrogens (tertiary/aromatic N) is 3. The number of ether oxygens (including phenoxy) is 1. The van der Waals surface area contributed by atoms with Crippen molar-refractivity contribution in [3.63, 3.8) is 0 Å². The van der Waals surface area contributed by atoms with Crippen LogP contribution in [-0.4, -0.2) is 92.4 Å². The standard InChI is InChI=1S/C32H41ClF5N5O3/c1-31(2,3)9-15-43(16-17-46-26(20-43)29(39)44)19-21-4-6-23(28(35)27(21)34)30(45)40-24-7-5-22(33)18-25(24)42-13-11-41(12-14-42)10-8-32(36,37)38/h4-7,18,26H,8-17,19-20H2,1-3H3,(H2-,39,40,44,45)/p+1. The van der Waals surface area contributed by atoms with Gasteiger partial charge in [-0.1, -0.05) is 32.4 Å². The van der Waals surface area contributed by atoms with Crippen LogP contribution in [-0.2, 0) is 16.1 Å². The van der Waals surface area contributed by atoms with Crippen LogP contribution in [0, 0.1) is 17.0 Å². The highest BCUT2D eigenvalue weighted by Crippen LogP contribution is 2.32. The van der Waals surface area contributed by atoms with E-state index in [9.17, 15) is 22.8 Å². The Kier molecular flexibility index (Phi) is 11.2. The number of nitrogens with one attached hydrogen (secondary N) is 1. The summed E-state index contributed by atoms with van der Waals surface area (Å²) in [5.41, 5.74) is 5.90. The number of alkyl halides is 3. The Bertz CT molecular complexity index is 1410. The summed E-state index contributed by atoms with van der Waals surface area (Å²) in [7, 11) is 0. The van der Waals surface area contributed by atoms with E-state index in [2.05, 4.69) is 26.1 Å². The van der Waals surface area contributed by atoms with E-state index in [1.54, 1.807) is 23.1 Å². The van der Waals surface area contributed by atoms with E-state index in [4.69, 9.17) is 22.1 Å². The quantitative estimate of drug-likeness (QED) is 0.254. The number of anilines is 2. The van der Waals surface area contributed by atoms with Gasteiger partial charge in [0.1, 0.15) is 19.6 Å². The molecule has 14 heteroatoms. The first-order chi connectivity index (χ1) is 21.5. The Morgan fingerprint density at radius 2 is 1.74 bits per heavy atom. The van der Waals surface area contributed by atoms with Crippen LogP contribution < -0.4 is 16.0 Å². The lowest BCUT2D eigenvalue weighted by Gasteiger charge is -2.44. The molecule has 0 aromatic heterocycles. The molecule has 0 aliphatic carbocycles. The van der Waals surface area contributed by atoms with Gasteiger partial charge in [0.05, 0.1) is 36.5 Å². The summed E-state index contributed by atoms with van der Waals surface area (Å²) >= 11 is 6.23. The SMILES string of the molecule is CC(C)(C)CC[N+]1(Cc2ccc(C(=O)Nc3ccc(Cl)cc3N3CCN(CCC(F)(F)F)CC3)c(F)c2F)CCOC(C(N)=O)C1. The van der Waals surface area contributed by atoms with Crippen LogP contribution in [0.25, 0.3) is 0 Å². The van der Waals surface area contributed by atoms with Gasteiger partial charge in [-0.05, 0) is 35.7 Å². The van der Waals surface area contributed by atoms with Gasteiger partial charge in [-0.3, -0.25) is 14.5 Å². The first kappa shape index (κ1) is 35.8. The number of morpholine rings is 1. The lowest BCUT2D eigenvalue weighted by molar-refractivity contribution is -0.950. The molecule has 2 atom stereocenters. The summed E-state index contributed by atoms with van der Waals surface area (Å²) in [5, 5.41) is 3.03. The van der Waals surface area contributed by atoms with E-state index >= 15 is 8.78 Å². The zero-order valence-corrected chi connectivity index (χ0v) is 27.1. The summed E-state index contributed by atoms with van der Waals surface area (Å²) in [6, 6.07) is 7.34. The zero-order valence-electron chi connectivity index (χ0n) is 26.4. The number of halogens is 6. The number of hydrogen-bond donors (Lipinski definition) is 2. The Labute approximate surface area is 271 Å². The Morgan fingerprint density at radius 3 is 2.37 bits per heavy atom. The summed E-state index contributed by atoms with van der Waals surface area (Å²) in [6.07, 6.45) is -5.22. The van der Waals surface area contributed by atoms with Gasteiger partial charge in [0, 0.05) is 49.7 Å². The highest BCUT2D eigenvalue weighted by molar-refractivity contribution is 6.31. The fraction of sp³-hybridized carbons (Fsp3) is 0.562. The molecule has 2 saturated heterocycles. The molecule has 0 spiro atoms. The minimum atomic E-state index is -4.24. The molecule has 0 saturated carbocycles. The number of quaternary nitrogens is 1. The summed E-state index contributed by atoms with van der Waals surface area (Å²) in [6.45, 7) is 9.28. The van der Waals surface area contributed by atoms with Gasteiger partial charge < -0.3 is 25.2 Å². The summed E-state index contributed by atoms with van der Waals surface area (Å²) in [4.78, 5) is 28.8. The highest BCUT2D eigenvalue weighted by atomic mass is 35.5. The maximum absolute atomic E-state index is 15.6. The number of carbonyl (C=O) groups excluding carboxylic acids is 2. The van der Waals surface area contributed by atoms with Crippen molar-refractivity contribution < 1.29 is 40.8 Å². The maximum atomic E-state index is 15.6. The molecule has 2 aliphatic rings. The van der Waals surface area contributed by atoms with Gasteiger partial charge in [-0.2, -0.15) is 13.2 Å². The molecule has 8 nitrogen and oxygen atoms in total. The third-order valence-electron chi connectivity index (χ3n) is 8.64. The average molecular weight is 675 g/mol. The van der Waals surface area contributed by atoms with Gasteiger partial charge in [0.15, 0.2) is 17.7 Å². The number of nitrogens with two attached hydrogens (primary N) is 1. The number of hydrogen-bond acceptors (Lipinski definition) is 5. The number of rotatable bonds is 10. The lowest BCUT2D eigenvalue weighted by atomic mass is 9.91. The van der Waals surface area contributed by atoms with Gasteiger partial charge >= 0.3 is 6.18 Å². The Balaban J connectivity index is 1.51. The predicted octanol–water partition coefficient (Wildman–Crippen LogP) is 5.58. The van der Waals surface area contributed by atoms with Crippen molar-refractivity contribution in [2.75, 3.05) is 69.2 Å². The summed E-state index contributed by atoms with van der Waals surface area (Å²) in [5.74, 6) is -3.92. The van der Waals surface area contributed by atoms with Crippen LogP contribution in [0.4, 0.5) is 33.3 Å². The minimum Gasteiger partial charge on any atom is -0.367 e. The van der Waals surface area contributed by atoms with Crippen molar-refractivity contribution in [3.8, 4) is 0 Å². The van der Waals surface area contributed by atoms with Crippen LogP contribution in [0.15, 0.2) is 30.3 Å². The molecule has 2 heterocycles. The van der Waals surface area contributed by atoms with Crippen molar-refractivity contribution in [2.24, 2.45) is 11.1 Å². The van der Waals surface area contributed by atoms with Crippen LogP contribution in [0.1, 0.15) is 49.5 Å². The molecule has 2 aliphatic heterocycles. The number of carbonyl (C=O) groups is 2. The smallest absolute Gasteiger partial charge is 0.367 e. The molecule has 2 aromatic rings. The van der Waals surface area contributed by atoms with Crippen LogP contribution in [0.2, 0.25) is 5.02 Å². The van der Waals surface area contributed by atoms with Crippen molar-refractivity contribution in [2.45, 2.75) is 52.4 Å². The van der Waals surface area contributed by atoms with E-state index in [0.29, 0.717) is 55.7 Å². The molecular formula is C32H42ClF5N5O3+. The van der Waals surface area contributed by atoms with Crippen molar-refractivity contribution in [1.82, 2.24) is 4.90 Å². The third kappa shape index (κ3) is 9.52. The molecule has 254 valence electrons. The van der Waals surface area contributed by atoms with Crippen LogP contribution in [0.3, 0.4) is 0 Å². The highest BCUT2D eigenvalue weighted by Gasteiger charge is 2.40. The normalized spacial score (nSPS) is 21.3. The first-order valence-corrected chi connectivity index (χ1v) is 15.7. The number of primary amides is 1. The maximum Gasteiger partial charge on any atom is 0.390 e. The number of amides is 2. The second-order valence-corrected chi connectivity index (χ2v) is 13.8. The Morgan fingerprint density at radius 1 is 1.04 bits per heavy atom. The topological polar surface area (TPSA) is 87.9 Å². The van der Waals surface area contributed by atoms with E-state index in [0.717, 1.165) is 6.42 Å². The predicted molar refractivity (Wildman–Crippen MR) is 167 cm³/mol. The molecule has 4 rings (SSSR count). The van der Waals surface area contributed by atoms with Crippen LogP contribution in [0.5, 0.6) is 0 Å². The molecule has 0 bridgehead atoms. The second-order valence-electron chi connectivity index (χ2n) is 13.4. The molecular weight excluding hydrogens is 633 g/mol. The molecule has 46 heavy (non-hydrogen) atoms. The second kappa shape index (κ2) is 14.4. The fourth-order valence-corrected chi connectivity index (χ4v) is 6.03. The van der Waals surface area contributed by atoms with E-state index in [1.807, 2.05) is 4.90 Å². The largest absolute Gasteiger partial charge is 0.390 e. The van der Waals surface area contributed by atoms with Gasteiger partial charge in [0.25, 0.3) is 11.8 Å². The van der Waals surface area contributed by atoms with Gasteiger partial charge in [-0.25, -0.2) is 8.78 Å². The minimum absolute atomic E-state index is 0.0429. The van der Waals surface area contributed by atoms with E-state index in [-0.39, 0.29) is 41.7 Å². The number of piperazine rings is 1. The fourth-order valence-electron chi connectivity index (χ4n) is 5.86. The monoisotopic (exact) mass is 674 g/mol.